The van der Waals surface area contributed by atoms with Crippen LogP contribution in [0.3, 0.4) is 0 Å². The molecule has 1 amide bonds. The molecule has 3 N–H and O–H groups in total. The Morgan fingerprint density at radius 2 is 2.22 bits per heavy atom. The standard InChI is InChI=1S/C13H21N3O2/c1-4-18-12-6-5-10(8-15-12)16-13(17)11(7-14)9(2)3/h5-6,8-9,11H,4,7,14H2,1-3H3,(H,16,17). The van der Waals surface area contributed by atoms with Crippen molar-refractivity contribution in [2.75, 3.05) is 18.5 Å². The van der Waals surface area contributed by atoms with E-state index >= 15 is 0 Å². The minimum atomic E-state index is -0.184. The third kappa shape index (κ3) is 4.00. The van der Waals surface area contributed by atoms with Gasteiger partial charge in [-0.05, 0) is 18.9 Å². The van der Waals surface area contributed by atoms with E-state index in [1.807, 2.05) is 20.8 Å². The average molecular weight is 251 g/mol. The second-order valence-electron chi connectivity index (χ2n) is 4.39. The zero-order valence-corrected chi connectivity index (χ0v) is 11.1. The van der Waals surface area contributed by atoms with Crippen LogP contribution >= 0.6 is 0 Å². The predicted molar refractivity (Wildman–Crippen MR) is 71.4 cm³/mol. The molecule has 1 aromatic rings. The summed E-state index contributed by atoms with van der Waals surface area (Å²) in [5.74, 6) is 0.510. The molecule has 5 heteroatoms. The van der Waals surface area contributed by atoms with E-state index in [0.29, 0.717) is 24.7 Å². The maximum absolute atomic E-state index is 11.9. The molecule has 0 bridgehead atoms. The first kappa shape index (κ1) is 14.4. The number of carbonyl (C=O) groups excluding carboxylic acids is 1. The number of rotatable bonds is 6. The summed E-state index contributed by atoms with van der Waals surface area (Å²) >= 11 is 0. The molecular weight excluding hydrogens is 230 g/mol. The lowest BCUT2D eigenvalue weighted by molar-refractivity contribution is -0.120. The zero-order valence-electron chi connectivity index (χ0n) is 11.1. The Balaban J connectivity index is 2.64. The molecule has 1 unspecified atom stereocenters. The van der Waals surface area contributed by atoms with Crippen molar-refractivity contribution >= 4 is 11.6 Å². The van der Waals surface area contributed by atoms with E-state index in [2.05, 4.69) is 10.3 Å². The highest BCUT2D eigenvalue weighted by molar-refractivity contribution is 5.92. The fraction of sp³-hybridized carbons (Fsp3) is 0.538. The lowest BCUT2D eigenvalue weighted by atomic mass is 9.95. The fourth-order valence-electron chi connectivity index (χ4n) is 1.60. The van der Waals surface area contributed by atoms with Crippen molar-refractivity contribution in [2.24, 2.45) is 17.6 Å². The van der Waals surface area contributed by atoms with Crippen molar-refractivity contribution in [3.8, 4) is 5.88 Å². The minimum Gasteiger partial charge on any atom is -0.478 e. The summed E-state index contributed by atoms with van der Waals surface area (Å²) in [5, 5.41) is 2.81. The van der Waals surface area contributed by atoms with Gasteiger partial charge >= 0.3 is 0 Å². The van der Waals surface area contributed by atoms with Gasteiger partial charge in [0.05, 0.1) is 24.4 Å². The van der Waals surface area contributed by atoms with E-state index < -0.39 is 0 Å². The Morgan fingerprint density at radius 3 is 2.67 bits per heavy atom. The number of aromatic nitrogens is 1. The Kier molecular flexibility index (Phi) is 5.58. The molecule has 18 heavy (non-hydrogen) atoms. The molecule has 100 valence electrons. The predicted octanol–water partition coefficient (Wildman–Crippen LogP) is 1.65. The Morgan fingerprint density at radius 1 is 1.50 bits per heavy atom. The highest BCUT2D eigenvalue weighted by Crippen LogP contribution is 2.15. The lowest BCUT2D eigenvalue weighted by Crippen LogP contribution is -2.33. The van der Waals surface area contributed by atoms with E-state index in [1.165, 1.54) is 0 Å². The molecule has 0 aliphatic rings. The van der Waals surface area contributed by atoms with Crippen LogP contribution in [0.25, 0.3) is 0 Å². The van der Waals surface area contributed by atoms with Crippen molar-refractivity contribution in [3.63, 3.8) is 0 Å². The third-order valence-corrected chi connectivity index (χ3v) is 2.69. The minimum absolute atomic E-state index is 0.0709. The summed E-state index contributed by atoms with van der Waals surface area (Å²) < 4.78 is 5.23. The maximum atomic E-state index is 11.9. The second kappa shape index (κ2) is 6.96. The summed E-state index contributed by atoms with van der Waals surface area (Å²) in [6.07, 6.45) is 1.58. The molecule has 0 radical (unpaired) electrons. The quantitative estimate of drug-likeness (QED) is 0.806. The van der Waals surface area contributed by atoms with Crippen molar-refractivity contribution in [1.82, 2.24) is 4.98 Å². The SMILES string of the molecule is CCOc1ccc(NC(=O)C(CN)C(C)C)cn1. The van der Waals surface area contributed by atoms with Gasteiger partial charge in [0, 0.05) is 12.6 Å². The molecule has 0 aliphatic heterocycles. The first-order valence-electron chi connectivity index (χ1n) is 6.18. The molecule has 1 atom stereocenters. The molecule has 1 heterocycles. The largest absolute Gasteiger partial charge is 0.478 e. The normalized spacial score (nSPS) is 12.3. The van der Waals surface area contributed by atoms with E-state index in [1.54, 1.807) is 18.3 Å². The first-order chi connectivity index (χ1) is 8.58. The van der Waals surface area contributed by atoms with Gasteiger partial charge in [-0.3, -0.25) is 4.79 Å². The molecule has 1 rings (SSSR count). The number of amides is 1. The number of hydrogen-bond donors (Lipinski definition) is 2. The van der Waals surface area contributed by atoms with Crippen LogP contribution in [0.4, 0.5) is 5.69 Å². The van der Waals surface area contributed by atoms with Gasteiger partial charge in [0.1, 0.15) is 0 Å². The van der Waals surface area contributed by atoms with Crippen molar-refractivity contribution in [1.29, 1.82) is 0 Å². The highest BCUT2D eigenvalue weighted by atomic mass is 16.5. The topological polar surface area (TPSA) is 77.2 Å². The average Bonchev–Trinajstić information content (AvgIpc) is 2.32. The molecule has 0 saturated heterocycles. The molecule has 0 saturated carbocycles. The van der Waals surface area contributed by atoms with Crippen LogP contribution in [-0.2, 0) is 4.79 Å². The van der Waals surface area contributed by atoms with Crippen LogP contribution in [0.1, 0.15) is 20.8 Å². The van der Waals surface area contributed by atoms with E-state index in [4.69, 9.17) is 10.5 Å². The van der Waals surface area contributed by atoms with Gasteiger partial charge in [0.25, 0.3) is 0 Å². The van der Waals surface area contributed by atoms with Crippen LogP contribution in [0.2, 0.25) is 0 Å². The van der Waals surface area contributed by atoms with Gasteiger partial charge in [0.15, 0.2) is 0 Å². The lowest BCUT2D eigenvalue weighted by Gasteiger charge is -2.18. The number of nitrogens with two attached hydrogens (primary N) is 1. The molecule has 5 nitrogen and oxygen atoms in total. The maximum Gasteiger partial charge on any atom is 0.229 e. The van der Waals surface area contributed by atoms with E-state index in [9.17, 15) is 4.79 Å². The summed E-state index contributed by atoms with van der Waals surface area (Å²) in [4.78, 5) is 16.0. The number of ether oxygens (including phenoxy) is 1. The number of pyridine rings is 1. The summed E-state index contributed by atoms with van der Waals surface area (Å²) in [7, 11) is 0. The van der Waals surface area contributed by atoms with Crippen molar-refractivity contribution in [2.45, 2.75) is 20.8 Å². The third-order valence-electron chi connectivity index (χ3n) is 2.69. The summed E-state index contributed by atoms with van der Waals surface area (Å²) in [6, 6.07) is 3.50. The number of carbonyl (C=O) groups is 1. The van der Waals surface area contributed by atoms with Gasteiger partial charge in [-0.1, -0.05) is 13.8 Å². The molecule has 1 aromatic heterocycles. The molecule has 0 aromatic carbocycles. The fourth-order valence-corrected chi connectivity index (χ4v) is 1.60. The van der Waals surface area contributed by atoms with Crippen LogP contribution in [0.5, 0.6) is 5.88 Å². The van der Waals surface area contributed by atoms with Gasteiger partial charge in [-0.2, -0.15) is 0 Å². The van der Waals surface area contributed by atoms with E-state index in [-0.39, 0.29) is 17.7 Å². The zero-order chi connectivity index (χ0) is 13.5. The van der Waals surface area contributed by atoms with E-state index in [0.717, 1.165) is 0 Å². The Labute approximate surface area is 108 Å². The number of nitrogens with zero attached hydrogens (tertiary/aromatic N) is 1. The number of hydrogen-bond acceptors (Lipinski definition) is 4. The number of anilines is 1. The van der Waals surface area contributed by atoms with Crippen LogP contribution in [0.15, 0.2) is 18.3 Å². The van der Waals surface area contributed by atoms with Crippen LogP contribution in [0, 0.1) is 11.8 Å². The van der Waals surface area contributed by atoms with Crippen LogP contribution in [-0.4, -0.2) is 24.0 Å². The molecule has 0 aliphatic carbocycles. The monoisotopic (exact) mass is 251 g/mol. The summed E-state index contributed by atoms with van der Waals surface area (Å²) in [6.45, 7) is 6.77. The van der Waals surface area contributed by atoms with Gasteiger partial charge in [-0.25, -0.2) is 4.98 Å². The van der Waals surface area contributed by atoms with Crippen molar-refractivity contribution in [3.05, 3.63) is 18.3 Å². The molecule has 0 fully saturated rings. The first-order valence-corrected chi connectivity index (χ1v) is 6.18. The smallest absolute Gasteiger partial charge is 0.229 e. The Bertz CT molecular complexity index is 376. The van der Waals surface area contributed by atoms with Gasteiger partial charge in [-0.15, -0.1) is 0 Å². The van der Waals surface area contributed by atoms with Gasteiger partial charge in [0.2, 0.25) is 11.8 Å². The Hall–Kier alpha value is -1.62. The second-order valence-corrected chi connectivity index (χ2v) is 4.39. The van der Waals surface area contributed by atoms with Crippen LogP contribution < -0.4 is 15.8 Å². The highest BCUT2D eigenvalue weighted by Gasteiger charge is 2.20. The molecular formula is C13H21N3O2. The number of nitrogens with one attached hydrogen (secondary N) is 1. The van der Waals surface area contributed by atoms with Gasteiger partial charge < -0.3 is 15.8 Å². The molecule has 0 spiro atoms. The summed E-state index contributed by atoms with van der Waals surface area (Å²) in [5.41, 5.74) is 6.25. The van der Waals surface area contributed by atoms with Crippen molar-refractivity contribution < 1.29 is 9.53 Å².